The van der Waals surface area contributed by atoms with E-state index in [1.165, 1.54) is 31.2 Å². The van der Waals surface area contributed by atoms with Gasteiger partial charge in [0.05, 0.1) is 11.6 Å². The number of nitrogens with zero attached hydrogens (tertiary/aromatic N) is 3. The van der Waals surface area contributed by atoms with E-state index in [1.54, 1.807) is 0 Å². The van der Waals surface area contributed by atoms with Crippen LogP contribution < -0.4 is 4.74 Å². The number of rotatable bonds is 5. The fourth-order valence-electron chi connectivity index (χ4n) is 2.16. The van der Waals surface area contributed by atoms with Crippen molar-refractivity contribution in [3.05, 3.63) is 29.8 Å². The number of carbonyl (C=O) groups is 1. The zero-order valence-electron chi connectivity index (χ0n) is 12.9. The summed E-state index contributed by atoms with van der Waals surface area (Å²) in [6, 6.07) is 7.44. The molecule has 10 heteroatoms. The van der Waals surface area contributed by atoms with Crippen molar-refractivity contribution in [2.75, 3.05) is 0 Å². The normalized spacial score (nSPS) is 21.2. The lowest BCUT2D eigenvalue weighted by Crippen LogP contribution is -2.54. The number of hydrazone groups is 1. The van der Waals surface area contributed by atoms with Crippen molar-refractivity contribution in [2.45, 2.75) is 38.0 Å². The molecule has 0 aliphatic carbocycles. The maximum Gasteiger partial charge on any atom is 0.287 e. The Kier molecular flexibility index (Phi) is 5.27. The van der Waals surface area contributed by atoms with Gasteiger partial charge in [0.25, 0.3) is 18.8 Å². The maximum atomic E-state index is 13.1. The maximum absolute atomic E-state index is 13.1. The molecule has 134 valence electrons. The van der Waals surface area contributed by atoms with Gasteiger partial charge in [-0.15, -0.1) is 0 Å². The average Bonchev–Trinajstić information content (AvgIpc) is 2.94. The van der Waals surface area contributed by atoms with Crippen LogP contribution in [0, 0.1) is 11.3 Å². The topological polar surface area (TPSA) is 85.9 Å². The van der Waals surface area contributed by atoms with Gasteiger partial charge in [0.1, 0.15) is 11.5 Å². The minimum atomic E-state index is -3.50. The van der Waals surface area contributed by atoms with Crippen molar-refractivity contribution >= 4 is 11.6 Å². The van der Waals surface area contributed by atoms with E-state index in [-0.39, 0.29) is 10.8 Å². The molecule has 0 fully saturated rings. The Balaban J connectivity index is 2.19. The standard InChI is InChI=1S/C15H13F4N3O3/c1-8(25-10-4-2-9(7-20)3-5-10)13(23)22-15(24,14(18)19)6-11(21-22)12(16)17/h2-5,8,12,14,24H,6H2,1H3/t8-,15-/m1/s1. The van der Waals surface area contributed by atoms with Crippen molar-refractivity contribution in [2.24, 2.45) is 5.10 Å². The number of halogens is 4. The van der Waals surface area contributed by atoms with E-state index in [4.69, 9.17) is 10.00 Å². The fraction of sp³-hybridized carbons (Fsp3) is 0.400. The SMILES string of the molecule is C[C@@H](Oc1ccc(C#N)cc1)C(=O)N1N=C(C(F)F)C[C@@]1(O)C(F)F. The molecule has 6 nitrogen and oxygen atoms in total. The van der Waals surface area contributed by atoms with E-state index >= 15 is 0 Å². The van der Waals surface area contributed by atoms with Crippen LogP contribution >= 0.6 is 0 Å². The molecule has 1 aromatic carbocycles. The largest absolute Gasteiger partial charge is 0.481 e. The van der Waals surface area contributed by atoms with E-state index in [0.29, 0.717) is 5.56 Å². The number of benzene rings is 1. The Hall–Kier alpha value is -2.67. The molecular weight excluding hydrogens is 346 g/mol. The van der Waals surface area contributed by atoms with Crippen molar-refractivity contribution in [3.8, 4) is 11.8 Å². The highest BCUT2D eigenvalue weighted by molar-refractivity contribution is 5.93. The van der Waals surface area contributed by atoms with E-state index in [1.807, 2.05) is 6.07 Å². The van der Waals surface area contributed by atoms with Crippen LogP contribution in [0.25, 0.3) is 0 Å². The fourth-order valence-corrected chi connectivity index (χ4v) is 2.16. The van der Waals surface area contributed by atoms with E-state index in [9.17, 15) is 27.5 Å². The van der Waals surface area contributed by atoms with Crippen molar-refractivity contribution in [1.29, 1.82) is 5.26 Å². The lowest BCUT2D eigenvalue weighted by atomic mass is 10.1. The molecule has 0 unspecified atom stereocenters. The number of nitriles is 1. The first-order chi connectivity index (χ1) is 11.7. The zero-order chi connectivity index (χ0) is 18.8. The molecule has 0 aromatic heterocycles. The van der Waals surface area contributed by atoms with Crippen molar-refractivity contribution in [3.63, 3.8) is 0 Å². The summed E-state index contributed by atoms with van der Waals surface area (Å²) in [5.74, 6) is -1.06. The van der Waals surface area contributed by atoms with Gasteiger partial charge in [-0.2, -0.15) is 15.4 Å². The van der Waals surface area contributed by atoms with Gasteiger partial charge in [-0.05, 0) is 31.2 Å². The van der Waals surface area contributed by atoms with Gasteiger partial charge in [-0.25, -0.2) is 17.6 Å². The number of carbonyl (C=O) groups excluding carboxylic acids is 1. The molecule has 1 aliphatic heterocycles. The number of ether oxygens (including phenoxy) is 1. The van der Waals surface area contributed by atoms with Crippen LogP contribution in [-0.2, 0) is 4.79 Å². The first-order valence-electron chi connectivity index (χ1n) is 7.06. The summed E-state index contributed by atoms with van der Waals surface area (Å²) in [5, 5.41) is 21.7. The second-order valence-corrected chi connectivity index (χ2v) is 5.29. The van der Waals surface area contributed by atoms with Crippen molar-refractivity contribution in [1.82, 2.24) is 5.01 Å². The molecule has 2 rings (SSSR count). The molecule has 1 amide bonds. The highest BCUT2D eigenvalue weighted by Crippen LogP contribution is 2.33. The van der Waals surface area contributed by atoms with Gasteiger partial charge in [-0.1, -0.05) is 0 Å². The third kappa shape index (κ3) is 3.71. The molecule has 0 spiro atoms. The number of hydrogen-bond donors (Lipinski definition) is 1. The van der Waals surface area contributed by atoms with Gasteiger partial charge in [0.15, 0.2) is 6.10 Å². The number of hydrogen-bond acceptors (Lipinski definition) is 5. The van der Waals surface area contributed by atoms with Crippen LogP contribution in [0.3, 0.4) is 0 Å². The minimum absolute atomic E-state index is 0.0481. The predicted molar refractivity (Wildman–Crippen MR) is 77.1 cm³/mol. The Labute approximate surface area is 139 Å². The monoisotopic (exact) mass is 359 g/mol. The summed E-state index contributed by atoms with van der Waals surface area (Å²) in [7, 11) is 0. The van der Waals surface area contributed by atoms with Crippen molar-refractivity contribution < 1.29 is 32.2 Å². The summed E-state index contributed by atoms with van der Waals surface area (Å²) in [5.41, 5.74) is -3.82. The van der Waals surface area contributed by atoms with Crippen LogP contribution in [0.5, 0.6) is 5.75 Å². The zero-order valence-corrected chi connectivity index (χ0v) is 12.9. The third-order valence-corrected chi connectivity index (χ3v) is 3.49. The predicted octanol–water partition coefficient (Wildman–Crippen LogP) is 2.13. The molecule has 25 heavy (non-hydrogen) atoms. The van der Waals surface area contributed by atoms with Crippen LogP contribution in [0.4, 0.5) is 17.6 Å². The first-order valence-corrected chi connectivity index (χ1v) is 7.06. The molecule has 0 bridgehead atoms. The highest BCUT2D eigenvalue weighted by atomic mass is 19.3. The Morgan fingerprint density at radius 1 is 1.36 bits per heavy atom. The molecule has 1 heterocycles. The molecule has 1 aliphatic rings. The smallest absolute Gasteiger partial charge is 0.287 e. The Morgan fingerprint density at radius 3 is 2.44 bits per heavy atom. The van der Waals surface area contributed by atoms with Crippen LogP contribution in [0.1, 0.15) is 18.9 Å². The van der Waals surface area contributed by atoms with Gasteiger partial charge in [0, 0.05) is 6.42 Å². The summed E-state index contributed by atoms with van der Waals surface area (Å²) >= 11 is 0. The lowest BCUT2D eigenvalue weighted by Gasteiger charge is -2.31. The molecule has 1 N–H and O–H groups in total. The second kappa shape index (κ2) is 7.06. The van der Waals surface area contributed by atoms with E-state index in [0.717, 1.165) is 0 Å². The quantitative estimate of drug-likeness (QED) is 0.816. The minimum Gasteiger partial charge on any atom is -0.481 e. The highest BCUT2D eigenvalue weighted by Gasteiger charge is 2.54. The average molecular weight is 359 g/mol. The molecule has 0 radical (unpaired) electrons. The summed E-state index contributed by atoms with van der Waals surface area (Å²) in [6.07, 6.45) is -9.23. The summed E-state index contributed by atoms with van der Waals surface area (Å²) in [4.78, 5) is 12.3. The van der Waals surface area contributed by atoms with Crippen LogP contribution in [0.2, 0.25) is 0 Å². The molecular formula is C15H13F4N3O3. The number of alkyl halides is 4. The lowest BCUT2D eigenvalue weighted by molar-refractivity contribution is -0.196. The van der Waals surface area contributed by atoms with Gasteiger partial charge in [0.2, 0.25) is 5.72 Å². The van der Waals surface area contributed by atoms with Gasteiger partial charge < -0.3 is 9.84 Å². The van der Waals surface area contributed by atoms with E-state index < -0.39 is 42.7 Å². The third-order valence-electron chi connectivity index (χ3n) is 3.49. The van der Waals surface area contributed by atoms with Gasteiger partial charge >= 0.3 is 0 Å². The molecule has 1 aromatic rings. The van der Waals surface area contributed by atoms with Crippen LogP contribution in [0.15, 0.2) is 29.4 Å². The molecule has 0 saturated heterocycles. The Morgan fingerprint density at radius 2 is 1.96 bits per heavy atom. The van der Waals surface area contributed by atoms with E-state index in [2.05, 4.69) is 5.10 Å². The molecule has 2 atom stereocenters. The molecule has 0 saturated carbocycles. The first kappa shape index (κ1) is 18.7. The number of aliphatic hydroxyl groups is 1. The number of amides is 1. The van der Waals surface area contributed by atoms with Gasteiger partial charge in [-0.3, -0.25) is 4.79 Å². The summed E-state index contributed by atoms with van der Waals surface area (Å²) < 4.78 is 56.9. The Bertz CT molecular complexity index is 718. The summed E-state index contributed by atoms with van der Waals surface area (Å²) in [6.45, 7) is 1.20. The van der Waals surface area contributed by atoms with Crippen LogP contribution in [-0.4, -0.2) is 46.4 Å². The second-order valence-electron chi connectivity index (χ2n) is 5.29.